The van der Waals surface area contributed by atoms with Crippen LogP contribution in [0.5, 0.6) is 0 Å². The summed E-state index contributed by atoms with van der Waals surface area (Å²) in [6.07, 6.45) is 0. The Morgan fingerprint density at radius 1 is 0.319 bits per heavy atom. The normalized spacial score (nSPS) is 15.2. The molecule has 2 nitrogen and oxygen atoms in total. The minimum atomic E-state index is -0.514. The van der Waals surface area contributed by atoms with Gasteiger partial charge in [-0.15, -0.1) is 0 Å². The number of nitrogens with zero attached hydrogens (tertiary/aromatic N) is 2. The lowest BCUT2D eigenvalue weighted by atomic mass is 9.65. The first-order chi connectivity index (χ1) is 35.5. The summed E-state index contributed by atoms with van der Waals surface area (Å²) in [5.74, 6) is 0. The van der Waals surface area contributed by atoms with Crippen LogP contribution in [-0.2, 0) is 10.8 Å². The van der Waals surface area contributed by atoms with E-state index in [4.69, 9.17) is 0 Å². The minimum Gasteiger partial charge on any atom is -0.310 e. The molecule has 12 aromatic rings. The zero-order valence-electron chi connectivity index (χ0n) is 40.1. The molecular formula is C70H48N2. The summed E-state index contributed by atoms with van der Waals surface area (Å²) < 4.78 is 2.52. The SMILES string of the molecule is CC1(C)c2ccccc2-c2ccc(N(c3ccc(-c4ccc5c(c4)C4(c6ccccc6-5)c5ccccc5-n5c6ccccc6c6cccc4c65)cc3)c3ccccc3-c3ccccc3-c3ccccc3)cc21. The van der Waals surface area contributed by atoms with E-state index in [1.165, 1.54) is 117 Å². The first kappa shape index (κ1) is 40.9. The van der Waals surface area contributed by atoms with Crippen LogP contribution in [0.15, 0.2) is 255 Å². The molecule has 1 unspecified atom stereocenters. The maximum absolute atomic E-state index is 2.52. The number of anilines is 3. The number of fused-ring (bicyclic) bond motifs is 15. The van der Waals surface area contributed by atoms with Gasteiger partial charge in [-0.3, -0.25) is 0 Å². The zero-order valence-corrected chi connectivity index (χ0v) is 40.1. The largest absolute Gasteiger partial charge is 0.310 e. The Morgan fingerprint density at radius 2 is 0.875 bits per heavy atom. The van der Waals surface area contributed by atoms with E-state index in [9.17, 15) is 0 Å². The maximum atomic E-state index is 2.52. The van der Waals surface area contributed by atoms with Crippen LogP contribution in [0.25, 0.3) is 83.1 Å². The molecule has 2 aliphatic carbocycles. The Balaban J connectivity index is 0.912. The predicted molar refractivity (Wildman–Crippen MR) is 300 cm³/mol. The molecule has 72 heavy (non-hydrogen) atoms. The van der Waals surface area contributed by atoms with E-state index < -0.39 is 5.41 Å². The van der Waals surface area contributed by atoms with Crippen LogP contribution >= 0.6 is 0 Å². The fourth-order valence-corrected chi connectivity index (χ4v) is 13.3. The lowest BCUT2D eigenvalue weighted by Gasteiger charge is -2.39. The fraction of sp³-hybridized carbons (Fsp3) is 0.0571. The van der Waals surface area contributed by atoms with Crippen LogP contribution in [0.3, 0.4) is 0 Å². The Labute approximate surface area is 420 Å². The summed E-state index contributed by atoms with van der Waals surface area (Å²) >= 11 is 0. The number of hydrogen-bond acceptors (Lipinski definition) is 1. The Kier molecular flexibility index (Phi) is 8.66. The van der Waals surface area contributed by atoms with Gasteiger partial charge in [0.1, 0.15) is 0 Å². The Morgan fingerprint density at radius 3 is 1.69 bits per heavy atom. The summed E-state index contributed by atoms with van der Waals surface area (Å²) in [5, 5.41) is 2.58. The molecule has 2 heteroatoms. The van der Waals surface area contributed by atoms with E-state index in [0.29, 0.717) is 0 Å². The zero-order chi connectivity index (χ0) is 47.7. The molecule has 0 amide bonds. The molecule has 1 atom stereocenters. The molecule has 15 rings (SSSR count). The van der Waals surface area contributed by atoms with Gasteiger partial charge in [-0.05, 0) is 132 Å². The second-order valence-corrected chi connectivity index (χ2v) is 20.3. The molecule has 0 saturated carbocycles. The van der Waals surface area contributed by atoms with Gasteiger partial charge in [-0.1, -0.05) is 220 Å². The molecule has 1 aromatic heterocycles. The van der Waals surface area contributed by atoms with Crippen molar-refractivity contribution in [3.63, 3.8) is 0 Å². The summed E-state index contributed by atoms with van der Waals surface area (Å²) in [4.78, 5) is 2.48. The first-order valence-corrected chi connectivity index (χ1v) is 25.3. The van der Waals surface area contributed by atoms with Gasteiger partial charge in [-0.2, -0.15) is 0 Å². The fourth-order valence-electron chi connectivity index (χ4n) is 13.3. The summed E-state index contributed by atoms with van der Waals surface area (Å²) in [5.41, 5.74) is 26.9. The molecule has 1 spiro atoms. The molecule has 0 bridgehead atoms. The quantitative estimate of drug-likeness (QED) is 0.161. The van der Waals surface area contributed by atoms with Gasteiger partial charge < -0.3 is 9.47 Å². The van der Waals surface area contributed by atoms with Crippen LogP contribution in [0.2, 0.25) is 0 Å². The molecule has 1 aliphatic heterocycles. The van der Waals surface area contributed by atoms with E-state index in [1.54, 1.807) is 0 Å². The number of benzene rings is 11. The molecule has 3 aliphatic rings. The second kappa shape index (κ2) is 15.3. The van der Waals surface area contributed by atoms with E-state index in [2.05, 4.69) is 278 Å². The molecule has 0 radical (unpaired) electrons. The molecular weight excluding hydrogens is 869 g/mol. The summed E-state index contributed by atoms with van der Waals surface area (Å²) in [6, 6.07) is 95.3. The van der Waals surface area contributed by atoms with Crippen molar-refractivity contribution >= 4 is 38.9 Å². The number of rotatable bonds is 6. The highest BCUT2D eigenvalue weighted by Crippen LogP contribution is 2.61. The van der Waals surface area contributed by atoms with Crippen molar-refractivity contribution in [1.29, 1.82) is 0 Å². The van der Waals surface area contributed by atoms with E-state index >= 15 is 0 Å². The maximum Gasteiger partial charge on any atom is 0.0754 e. The average molecular weight is 917 g/mol. The van der Waals surface area contributed by atoms with Crippen LogP contribution in [-0.4, -0.2) is 4.57 Å². The van der Waals surface area contributed by atoms with E-state index in [0.717, 1.165) is 17.1 Å². The van der Waals surface area contributed by atoms with E-state index in [-0.39, 0.29) is 5.41 Å². The van der Waals surface area contributed by atoms with Crippen LogP contribution in [0.4, 0.5) is 17.1 Å². The molecule has 2 heterocycles. The third-order valence-corrected chi connectivity index (χ3v) is 16.4. The average Bonchev–Trinajstić information content (AvgIpc) is 4.03. The Bertz CT molecular complexity index is 4190. The smallest absolute Gasteiger partial charge is 0.0754 e. The monoisotopic (exact) mass is 916 g/mol. The molecule has 338 valence electrons. The molecule has 11 aromatic carbocycles. The molecule has 0 saturated heterocycles. The van der Waals surface area contributed by atoms with Gasteiger partial charge in [0.15, 0.2) is 0 Å². The van der Waals surface area contributed by atoms with Crippen molar-refractivity contribution < 1.29 is 0 Å². The lowest BCUT2D eigenvalue weighted by Crippen LogP contribution is -2.33. The summed E-state index contributed by atoms with van der Waals surface area (Å²) in [6.45, 7) is 4.74. The van der Waals surface area contributed by atoms with Crippen LogP contribution in [0, 0.1) is 0 Å². The highest BCUT2D eigenvalue weighted by atomic mass is 15.1. The van der Waals surface area contributed by atoms with Crippen molar-refractivity contribution in [2.45, 2.75) is 24.7 Å². The van der Waals surface area contributed by atoms with Gasteiger partial charge in [0.2, 0.25) is 0 Å². The van der Waals surface area contributed by atoms with Gasteiger partial charge in [-0.25, -0.2) is 0 Å². The second-order valence-electron chi connectivity index (χ2n) is 20.3. The van der Waals surface area contributed by atoms with Gasteiger partial charge in [0.25, 0.3) is 0 Å². The third kappa shape index (κ3) is 5.55. The first-order valence-electron chi connectivity index (χ1n) is 25.3. The number of para-hydroxylation sites is 4. The van der Waals surface area contributed by atoms with Crippen molar-refractivity contribution in [1.82, 2.24) is 4.57 Å². The van der Waals surface area contributed by atoms with E-state index in [1.807, 2.05) is 0 Å². The standard InChI is InChI=1S/C70H48N2/c1-69(2)59-28-12-8-23-52(59)54-42-40-49(44-63(54)69)71(65-32-15-10-25-56(65)51-22-7-6-21-50(51)46-19-4-3-5-20-46)48-38-35-45(36-39-48)47-37-41-55-53-24-9-13-29-60(53)70(64(55)43-47)61-30-14-17-34-67(61)72-66-33-16-11-26-57(66)58-27-18-31-62(70)68(58)72/h3-44H,1-2H3. The van der Waals surface area contributed by atoms with Crippen molar-refractivity contribution in [2.24, 2.45) is 0 Å². The van der Waals surface area contributed by atoms with Crippen LogP contribution < -0.4 is 4.90 Å². The third-order valence-electron chi connectivity index (χ3n) is 16.4. The minimum absolute atomic E-state index is 0.150. The topological polar surface area (TPSA) is 8.17 Å². The number of aromatic nitrogens is 1. The lowest BCUT2D eigenvalue weighted by molar-refractivity contribution is 0.660. The van der Waals surface area contributed by atoms with Crippen molar-refractivity contribution in [2.75, 3.05) is 4.90 Å². The van der Waals surface area contributed by atoms with Crippen molar-refractivity contribution in [3.8, 4) is 61.3 Å². The molecule has 0 N–H and O–H groups in total. The highest BCUT2D eigenvalue weighted by molar-refractivity contribution is 6.13. The van der Waals surface area contributed by atoms with Crippen LogP contribution in [0.1, 0.15) is 47.2 Å². The highest BCUT2D eigenvalue weighted by Gasteiger charge is 2.51. The van der Waals surface area contributed by atoms with Gasteiger partial charge in [0, 0.05) is 33.1 Å². The Hall–Kier alpha value is -8.98. The number of hydrogen-bond donors (Lipinski definition) is 0. The molecule has 0 fully saturated rings. The van der Waals surface area contributed by atoms with Crippen molar-refractivity contribution in [3.05, 3.63) is 288 Å². The summed E-state index contributed by atoms with van der Waals surface area (Å²) in [7, 11) is 0. The predicted octanol–water partition coefficient (Wildman–Crippen LogP) is 18.2. The van der Waals surface area contributed by atoms with Gasteiger partial charge in [0.05, 0.1) is 27.8 Å². The van der Waals surface area contributed by atoms with Gasteiger partial charge >= 0.3 is 0 Å².